The first-order chi connectivity index (χ1) is 5.86. The van der Waals surface area contributed by atoms with Crippen LogP contribution in [0.1, 0.15) is 6.42 Å². The van der Waals surface area contributed by atoms with Crippen LogP contribution < -0.4 is 0 Å². The van der Waals surface area contributed by atoms with Crippen LogP contribution in [-0.4, -0.2) is 24.0 Å². The molecule has 0 fully saturated rings. The molecule has 1 rings (SSSR count). The molecule has 0 unspecified atom stereocenters. The summed E-state index contributed by atoms with van der Waals surface area (Å²) in [5.41, 5.74) is -0.829. The summed E-state index contributed by atoms with van der Waals surface area (Å²) < 4.78 is 21.8. The zero-order valence-corrected chi connectivity index (χ0v) is 6.98. The van der Waals surface area contributed by atoms with Gasteiger partial charge < -0.3 is 0 Å². The fourth-order valence-corrected chi connectivity index (χ4v) is 2.42. The zero-order chi connectivity index (χ0) is 10.2. The Bertz CT molecular complexity index is 406. The average molecular weight is 208 g/mol. The van der Waals surface area contributed by atoms with Crippen LogP contribution in [0.4, 0.5) is 0 Å². The Morgan fingerprint density at radius 3 is 2.00 bits per heavy atom. The predicted octanol–water partition coefficient (Wildman–Crippen LogP) is -0.473. The van der Waals surface area contributed by atoms with Crippen molar-refractivity contribution in [2.75, 3.05) is 5.75 Å². The van der Waals surface area contributed by atoms with E-state index in [1.54, 1.807) is 0 Å². The molecule has 0 saturated carbocycles. The number of rotatable bonds is 2. The molecule has 1 heterocycles. The second-order valence-electron chi connectivity index (χ2n) is 2.33. The molecule has 0 spiro atoms. The quantitative estimate of drug-likeness (QED) is 0.446. The van der Waals surface area contributed by atoms with Crippen molar-refractivity contribution in [2.24, 2.45) is 0 Å². The van der Waals surface area contributed by atoms with Crippen molar-refractivity contribution in [3.8, 4) is 0 Å². The van der Waals surface area contributed by atoms with Gasteiger partial charge in [-0.1, -0.05) is 0 Å². The maximum Gasteiger partial charge on any atom is 0.431 e. The molecule has 0 bridgehead atoms. The minimum absolute atomic E-state index is 0.397. The molecule has 0 atom stereocenters. The minimum Gasteiger partial charge on any atom is -0.258 e. The Morgan fingerprint density at radius 1 is 1.15 bits per heavy atom. The van der Waals surface area contributed by atoms with E-state index in [1.165, 1.54) is 0 Å². The monoisotopic (exact) mass is 208 g/mol. The number of hydrogen-bond acceptors (Lipinski definition) is 6. The predicted molar refractivity (Wildman–Crippen MR) is 39.4 cm³/mol. The van der Waals surface area contributed by atoms with E-state index in [0.29, 0.717) is 0 Å². The molecule has 0 aromatic rings. The Kier molecular flexibility index (Phi) is 2.04. The van der Waals surface area contributed by atoms with Gasteiger partial charge in [0.05, 0.1) is 22.0 Å². The van der Waals surface area contributed by atoms with Gasteiger partial charge in [-0.2, -0.15) is 0 Å². The molecule has 72 valence electrons. The molecule has 0 N–H and O–H groups in total. The van der Waals surface area contributed by atoms with E-state index in [2.05, 4.69) is 0 Å². The van der Waals surface area contributed by atoms with Crippen molar-refractivity contribution >= 4 is 9.84 Å². The molecule has 9 heteroatoms. The van der Waals surface area contributed by atoms with Gasteiger partial charge in [0, 0.05) is 0 Å². The zero-order valence-electron chi connectivity index (χ0n) is 6.17. The summed E-state index contributed by atoms with van der Waals surface area (Å²) in [5.74, 6) is -0.556. The molecule has 0 aromatic heterocycles. The first-order valence-electron chi connectivity index (χ1n) is 3.11. The van der Waals surface area contributed by atoms with E-state index in [-0.39, 0.29) is 0 Å². The van der Waals surface area contributed by atoms with Gasteiger partial charge in [-0.3, -0.25) is 20.2 Å². The molecule has 0 saturated heterocycles. The van der Waals surface area contributed by atoms with Crippen molar-refractivity contribution in [3.05, 3.63) is 31.0 Å². The SMILES string of the molecule is O=[N+]([O-])C1=C([N+](=O)[O-])S(=O)(=O)CC1. The van der Waals surface area contributed by atoms with E-state index in [9.17, 15) is 28.6 Å². The van der Waals surface area contributed by atoms with E-state index in [4.69, 9.17) is 0 Å². The summed E-state index contributed by atoms with van der Waals surface area (Å²) in [7, 11) is -4.04. The van der Waals surface area contributed by atoms with Crippen molar-refractivity contribution in [3.63, 3.8) is 0 Å². The van der Waals surface area contributed by atoms with Gasteiger partial charge in [-0.25, -0.2) is 8.42 Å². The minimum atomic E-state index is -4.04. The second kappa shape index (κ2) is 2.76. The highest BCUT2D eigenvalue weighted by molar-refractivity contribution is 7.95. The molecular weight excluding hydrogens is 204 g/mol. The van der Waals surface area contributed by atoms with Gasteiger partial charge in [-0.15, -0.1) is 0 Å². The van der Waals surface area contributed by atoms with Gasteiger partial charge in [0.15, 0.2) is 0 Å². The van der Waals surface area contributed by atoms with Crippen molar-refractivity contribution < 1.29 is 18.3 Å². The van der Waals surface area contributed by atoms with Gasteiger partial charge in [0.25, 0.3) is 9.84 Å². The van der Waals surface area contributed by atoms with Crippen molar-refractivity contribution in [2.45, 2.75) is 6.42 Å². The lowest BCUT2D eigenvalue weighted by Crippen LogP contribution is -2.11. The van der Waals surface area contributed by atoms with Crippen LogP contribution in [0.5, 0.6) is 0 Å². The maximum absolute atomic E-state index is 10.9. The molecule has 1 aliphatic rings. The third-order valence-electron chi connectivity index (χ3n) is 1.54. The molecule has 13 heavy (non-hydrogen) atoms. The largest absolute Gasteiger partial charge is 0.431 e. The number of sulfone groups is 1. The normalized spacial score (nSPS) is 20.3. The van der Waals surface area contributed by atoms with E-state index in [1.807, 2.05) is 0 Å². The topological polar surface area (TPSA) is 120 Å². The van der Waals surface area contributed by atoms with Gasteiger partial charge >= 0.3 is 10.7 Å². The van der Waals surface area contributed by atoms with Crippen molar-refractivity contribution in [1.29, 1.82) is 0 Å². The third-order valence-corrected chi connectivity index (χ3v) is 3.25. The van der Waals surface area contributed by atoms with Crippen molar-refractivity contribution in [1.82, 2.24) is 0 Å². The summed E-state index contributed by atoms with van der Waals surface area (Å²) in [6.45, 7) is 0. The van der Waals surface area contributed by atoms with Crippen LogP contribution in [-0.2, 0) is 9.84 Å². The Hall–Kier alpha value is -1.51. The summed E-state index contributed by atoms with van der Waals surface area (Å²) in [6, 6.07) is 0. The fraction of sp³-hybridized carbons (Fsp3) is 0.500. The lowest BCUT2D eigenvalue weighted by atomic mass is 10.4. The van der Waals surface area contributed by atoms with Crippen LogP contribution >= 0.6 is 0 Å². The lowest BCUT2D eigenvalue weighted by molar-refractivity contribution is -0.463. The molecule has 0 aromatic carbocycles. The molecule has 0 aliphatic carbocycles. The first kappa shape index (κ1) is 9.58. The van der Waals surface area contributed by atoms with Crippen LogP contribution in [0.2, 0.25) is 0 Å². The van der Waals surface area contributed by atoms with E-state index < -0.39 is 42.6 Å². The summed E-state index contributed by atoms with van der Waals surface area (Å²) in [6.07, 6.45) is -0.397. The standard InChI is InChI=1S/C4H4N2O6S/c7-5(8)3-1-2-13(11,12)4(3)6(9)10/h1-2H2. The molecule has 0 radical (unpaired) electrons. The lowest BCUT2D eigenvalue weighted by Gasteiger charge is -1.89. The molecule has 8 nitrogen and oxygen atoms in total. The third kappa shape index (κ3) is 1.49. The highest BCUT2D eigenvalue weighted by atomic mass is 32.2. The first-order valence-corrected chi connectivity index (χ1v) is 4.76. The van der Waals surface area contributed by atoms with Gasteiger partial charge in [0.2, 0.25) is 0 Å². The Morgan fingerprint density at radius 2 is 1.69 bits per heavy atom. The van der Waals surface area contributed by atoms with E-state index >= 15 is 0 Å². The van der Waals surface area contributed by atoms with Gasteiger partial charge in [-0.05, 0) is 0 Å². The molecular formula is C4H4N2O6S. The summed E-state index contributed by atoms with van der Waals surface area (Å²) in [4.78, 5) is 18.1. The number of allylic oxidation sites excluding steroid dienone is 1. The fourth-order valence-electron chi connectivity index (χ4n) is 1.00. The Labute approximate surface area is 72.1 Å². The smallest absolute Gasteiger partial charge is 0.258 e. The van der Waals surface area contributed by atoms with Crippen LogP contribution in [0.15, 0.2) is 10.7 Å². The summed E-state index contributed by atoms with van der Waals surface area (Å²) >= 11 is 0. The molecule has 0 amide bonds. The number of nitrogens with zero attached hydrogens (tertiary/aromatic N) is 2. The number of nitro groups is 2. The second-order valence-corrected chi connectivity index (χ2v) is 4.36. The maximum atomic E-state index is 10.9. The van der Waals surface area contributed by atoms with Crippen LogP contribution in [0, 0.1) is 20.2 Å². The highest BCUT2D eigenvalue weighted by Crippen LogP contribution is 2.25. The molecule has 1 aliphatic heterocycles. The van der Waals surface area contributed by atoms with Crippen LogP contribution in [0.3, 0.4) is 0 Å². The van der Waals surface area contributed by atoms with Gasteiger partial charge in [0.1, 0.15) is 0 Å². The Balaban J connectivity index is 3.38. The highest BCUT2D eigenvalue weighted by Gasteiger charge is 2.46. The summed E-state index contributed by atoms with van der Waals surface area (Å²) in [5, 5.41) is 19.1. The average Bonchev–Trinajstić information content (AvgIpc) is 2.24. The van der Waals surface area contributed by atoms with Crippen LogP contribution in [0.25, 0.3) is 0 Å². The van der Waals surface area contributed by atoms with E-state index in [0.717, 1.165) is 0 Å². The number of hydrogen-bond donors (Lipinski definition) is 0.